The van der Waals surface area contributed by atoms with Gasteiger partial charge in [-0.05, 0) is 18.2 Å². The summed E-state index contributed by atoms with van der Waals surface area (Å²) in [6.07, 6.45) is -10.0. The molecule has 1 N–H and O–H groups in total. The summed E-state index contributed by atoms with van der Waals surface area (Å²) in [6.45, 7) is 0. The number of halogens is 6. The molecule has 0 aliphatic rings. The molecule has 5 nitrogen and oxygen atoms in total. The SMILES string of the molecule is COc1nsnc1C(=O)Nc1cc(C(F)(F)F)cc(C(F)(F)F)c1. The van der Waals surface area contributed by atoms with Crippen molar-refractivity contribution in [1.29, 1.82) is 0 Å². The van der Waals surface area contributed by atoms with Gasteiger partial charge in [0.05, 0.1) is 30.0 Å². The van der Waals surface area contributed by atoms with E-state index >= 15 is 0 Å². The molecule has 0 unspecified atom stereocenters. The number of amides is 1. The number of alkyl halides is 6. The maximum atomic E-state index is 12.7. The van der Waals surface area contributed by atoms with Crippen LogP contribution in [-0.4, -0.2) is 21.8 Å². The average Bonchev–Trinajstić information content (AvgIpc) is 2.93. The monoisotopic (exact) mass is 371 g/mol. The van der Waals surface area contributed by atoms with Gasteiger partial charge in [0, 0.05) is 5.69 Å². The molecule has 0 aliphatic heterocycles. The minimum absolute atomic E-state index is 0.0410. The molecule has 1 amide bonds. The fourth-order valence-electron chi connectivity index (χ4n) is 1.67. The first-order valence-corrected chi connectivity index (χ1v) is 6.73. The first-order valence-electron chi connectivity index (χ1n) is 5.99. The quantitative estimate of drug-likeness (QED) is 0.833. The molecule has 1 aromatic heterocycles. The first kappa shape index (κ1) is 18.0. The molecule has 1 heterocycles. The first-order chi connectivity index (χ1) is 11.0. The van der Waals surface area contributed by atoms with E-state index in [4.69, 9.17) is 4.74 Å². The Morgan fingerprint density at radius 3 is 2.04 bits per heavy atom. The number of nitrogens with one attached hydrogen (secondary N) is 1. The summed E-state index contributed by atoms with van der Waals surface area (Å²) in [5.74, 6) is -1.24. The van der Waals surface area contributed by atoms with Crippen molar-refractivity contribution in [3.05, 3.63) is 35.0 Å². The topological polar surface area (TPSA) is 64.1 Å². The van der Waals surface area contributed by atoms with Crippen molar-refractivity contribution >= 4 is 23.3 Å². The third kappa shape index (κ3) is 3.93. The maximum absolute atomic E-state index is 12.7. The molecule has 2 aromatic rings. The van der Waals surface area contributed by atoms with Gasteiger partial charge in [0.15, 0.2) is 0 Å². The van der Waals surface area contributed by atoms with Gasteiger partial charge in [-0.25, -0.2) is 0 Å². The second-order valence-corrected chi connectivity index (χ2v) is 4.90. The van der Waals surface area contributed by atoms with Crippen molar-refractivity contribution in [3.63, 3.8) is 0 Å². The lowest BCUT2D eigenvalue weighted by atomic mass is 10.1. The second kappa shape index (κ2) is 6.26. The van der Waals surface area contributed by atoms with E-state index in [2.05, 4.69) is 8.75 Å². The number of carbonyl (C=O) groups excluding carboxylic acids is 1. The van der Waals surface area contributed by atoms with Gasteiger partial charge in [0.1, 0.15) is 0 Å². The van der Waals surface area contributed by atoms with Crippen LogP contribution in [0.1, 0.15) is 21.6 Å². The van der Waals surface area contributed by atoms with Crippen molar-refractivity contribution in [2.75, 3.05) is 12.4 Å². The number of ether oxygens (including phenoxy) is 1. The molecule has 0 saturated heterocycles. The van der Waals surface area contributed by atoms with Gasteiger partial charge in [-0.1, -0.05) is 0 Å². The van der Waals surface area contributed by atoms with E-state index in [1.165, 1.54) is 7.11 Å². The Labute approximate surface area is 134 Å². The number of anilines is 1. The predicted molar refractivity (Wildman–Crippen MR) is 70.9 cm³/mol. The van der Waals surface area contributed by atoms with E-state index < -0.39 is 35.1 Å². The fraction of sp³-hybridized carbons (Fsp3) is 0.250. The van der Waals surface area contributed by atoms with Crippen molar-refractivity contribution in [3.8, 4) is 5.88 Å². The molecule has 24 heavy (non-hydrogen) atoms. The molecule has 0 spiro atoms. The van der Waals surface area contributed by atoms with Gasteiger partial charge in [-0.15, -0.1) is 4.37 Å². The molecule has 0 atom stereocenters. The third-order valence-electron chi connectivity index (χ3n) is 2.71. The molecule has 12 heteroatoms. The van der Waals surface area contributed by atoms with Crippen LogP contribution in [0.2, 0.25) is 0 Å². The highest BCUT2D eigenvalue weighted by Gasteiger charge is 2.37. The van der Waals surface area contributed by atoms with Crippen molar-refractivity contribution in [2.24, 2.45) is 0 Å². The van der Waals surface area contributed by atoms with Crippen LogP contribution in [-0.2, 0) is 12.4 Å². The van der Waals surface area contributed by atoms with Crippen LogP contribution in [0.5, 0.6) is 5.88 Å². The zero-order chi connectivity index (χ0) is 18.1. The molecule has 1 aromatic carbocycles. The summed E-state index contributed by atoms with van der Waals surface area (Å²) in [7, 11) is 1.18. The van der Waals surface area contributed by atoms with E-state index in [-0.39, 0.29) is 17.6 Å². The highest BCUT2D eigenvalue weighted by atomic mass is 32.1. The Hall–Kier alpha value is -2.37. The summed E-state index contributed by atoms with van der Waals surface area (Å²) >= 11 is 0.599. The van der Waals surface area contributed by atoms with Crippen molar-refractivity contribution in [1.82, 2.24) is 8.75 Å². The second-order valence-electron chi connectivity index (χ2n) is 4.37. The lowest BCUT2D eigenvalue weighted by molar-refractivity contribution is -0.143. The molecule has 0 aliphatic carbocycles. The van der Waals surface area contributed by atoms with Crippen LogP contribution < -0.4 is 10.1 Å². The molecule has 0 radical (unpaired) electrons. The van der Waals surface area contributed by atoms with Crippen LogP contribution in [0.15, 0.2) is 18.2 Å². The van der Waals surface area contributed by atoms with E-state index in [1.54, 1.807) is 0 Å². The average molecular weight is 371 g/mol. The smallest absolute Gasteiger partial charge is 0.416 e. The lowest BCUT2D eigenvalue weighted by Gasteiger charge is -2.14. The molecule has 2 rings (SSSR count). The van der Waals surface area contributed by atoms with Gasteiger partial charge in [-0.2, -0.15) is 30.7 Å². The van der Waals surface area contributed by atoms with Gasteiger partial charge >= 0.3 is 12.4 Å². The number of hydrogen-bond acceptors (Lipinski definition) is 5. The summed E-state index contributed by atoms with van der Waals surface area (Å²) in [6, 6.07) is 0.736. The molecular weight excluding hydrogens is 364 g/mol. The van der Waals surface area contributed by atoms with Crippen molar-refractivity contribution in [2.45, 2.75) is 12.4 Å². The number of aromatic nitrogens is 2. The Bertz CT molecular complexity index is 724. The Morgan fingerprint density at radius 1 is 1.04 bits per heavy atom. The van der Waals surface area contributed by atoms with E-state index in [0.29, 0.717) is 23.9 Å². The zero-order valence-corrected chi connectivity index (χ0v) is 12.4. The van der Waals surface area contributed by atoms with Gasteiger partial charge in [0.2, 0.25) is 5.69 Å². The van der Waals surface area contributed by atoms with Crippen molar-refractivity contribution < 1.29 is 35.9 Å². The van der Waals surface area contributed by atoms with E-state index in [9.17, 15) is 31.1 Å². The summed E-state index contributed by atoms with van der Waals surface area (Å²) < 4.78 is 88.4. The fourth-order valence-corrected chi connectivity index (χ4v) is 2.19. The Balaban J connectivity index is 2.41. The van der Waals surface area contributed by atoms with Gasteiger partial charge in [0.25, 0.3) is 11.8 Å². The minimum Gasteiger partial charge on any atom is -0.479 e. The molecule has 0 fully saturated rings. The lowest BCUT2D eigenvalue weighted by Crippen LogP contribution is -2.16. The normalized spacial score (nSPS) is 12.1. The predicted octanol–water partition coefficient (Wildman–Crippen LogP) is 3.84. The van der Waals surface area contributed by atoms with Gasteiger partial charge < -0.3 is 10.1 Å². The van der Waals surface area contributed by atoms with Crippen LogP contribution in [0.25, 0.3) is 0 Å². The largest absolute Gasteiger partial charge is 0.479 e. The third-order valence-corrected chi connectivity index (χ3v) is 3.22. The molecule has 0 bridgehead atoms. The Kier molecular flexibility index (Phi) is 4.69. The van der Waals surface area contributed by atoms with Crippen LogP contribution in [0.3, 0.4) is 0 Å². The van der Waals surface area contributed by atoms with Crippen LogP contribution in [0, 0.1) is 0 Å². The maximum Gasteiger partial charge on any atom is 0.416 e. The molecule has 130 valence electrons. The number of carbonyl (C=O) groups is 1. The van der Waals surface area contributed by atoms with Gasteiger partial charge in [-0.3, -0.25) is 4.79 Å². The summed E-state index contributed by atoms with van der Waals surface area (Å²) in [4.78, 5) is 11.9. The summed E-state index contributed by atoms with van der Waals surface area (Å²) in [5.41, 5.74) is -4.13. The number of methoxy groups -OCH3 is 1. The van der Waals surface area contributed by atoms with E-state index in [0.717, 1.165) is 0 Å². The molecular formula is C12H7F6N3O2S. The zero-order valence-electron chi connectivity index (χ0n) is 11.6. The highest BCUT2D eigenvalue weighted by Crippen LogP contribution is 2.37. The number of nitrogens with zero attached hydrogens (tertiary/aromatic N) is 2. The van der Waals surface area contributed by atoms with Crippen LogP contribution in [0.4, 0.5) is 32.0 Å². The highest BCUT2D eigenvalue weighted by molar-refractivity contribution is 6.99. The Morgan fingerprint density at radius 2 is 1.58 bits per heavy atom. The number of hydrogen-bond donors (Lipinski definition) is 1. The van der Waals surface area contributed by atoms with Crippen LogP contribution >= 0.6 is 11.7 Å². The standard InChI is InChI=1S/C12H7F6N3O2S/c1-23-10-8(20-24-21-10)9(22)19-7-3-5(11(13,14)15)2-6(4-7)12(16,17)18/h2-4H,1H3,(H,19,22). The molecule has 0 saturated carbocycles. The van der Waals surface area contributed by atoms with E-state index in [1.807, 2.05) is 5.32 Å². The minimum atomic E-state index is -5.01. The number of benzene rings is 1. The number of rotatable bonds is 3. The summed E-state index contributed by atoms with van der Waals surface area (Å²) in [5, 5.41) is 1.93.